The summed E-state index contributed by atoms with van der Waals surface area (Å²) < 4.78 is 40.7. The minimum absolute atomic E-state index is 0.339. The van der Waals surface area contributed by atoms with Crippen molar-refractivity contribution in [1.82, 2.24) is 18.7 Å². The van der Waals surface area contributed by atoms with Gasteiger partial charge in [0.15, 0.2) is 5.13 Å². The van der Waals surface area contributed by atoms with E-state index in [1.807, 2.05) is 61.4 Å². The topological polar surface area (TPSA) is 107 Å². The molecule has 0 saturated carbocycles. The van der Waals surface area contributed by atoms with E-state index in [4.69, 9.17) is 9.97 Å². The van der Waals surface area contributed by atoms with Crippen molar-refractivity contribution in [3.63, 3.8) is 0 Å². The number of rotatable bonds is 9. The quantitative estimate of drug-likeness (QED) is 0.116. The summed E-state index contributed by atoms with van der Waals surface area (Å²) in [5.41, 5.74) is 5.49. The number of aliphatic imine (C=N–C) groups is 1. The van der Waals surface area contributed by atoms with Crippen molar-refractivity contribution in [2.24, 2.45) is 4.99 Å². The third kappa shape index (κ3) is 6.84. The molecule has 4 aromatic rings. The summed E-state index contributed by atoms with van der Waals surface area (Å²) >= 11 is 1.28. The highest BCUT2D eigenvalue weighted by molar-refractivity contribution is 7.88. The lowest BCUT2D eigenvalue weighted by atomic mass is 10.1. The SMILES string of the molecule is CCc1nc2ccc(/C(C=C(C)C)=C/N=C(\C)N(C)S(C)(=O)=O)cn2c1N(CC)c1nc(-c2ccc(F)cc2)c(C#N)s1. The van der Waals surface area contributed by atoms with Crippen LogP contribution in [-0.2, 0) is 16.4 Å². The normalized spacial score (nSPS) is 12.3. The molecular weight excluding hydrogens is 586 g/mol. The van der Waals surface area contributed by atoms with E-state index in [-0.39, 0.29) is 5.82 Å². The van der Waals surface area contributed by atoms with Crippen molar-refractivity contribution in [2.75, 3.05) is 24.7 Å². The van der Waals surface area contributed by atoms with Gasteiger partial charge in [0, 0.05) is 42.7 Å². The highest BCUT2D eigenvalue weighted by Gasteiger charge is 2.24. The summed E-state index contributed by atoms with van der Waals surface area (Å²) in [6.45, 7) is 10.2. The highest BCUT2D eigenvalue weighted by atomic mass is 32.2. The largest absolute Gasteiger partial charge is 0.302 e. The second kappa shape index (κ2) is 12.9. The number of benzene rings is 1. The number of nitriles is 1. The van der Waals surface area contributed by atoms with Gasteiger partial charge >= 0.3 is 0 Å². The predicted octanol–water partition coefficient (Wildman–Crippen LogP) is 6.81. The van der Waals surface area contributed by atoms with Crippen LogP contribution in [0.2, 0.25) is 0 Å². The number of allylic oxidation sites excluding steroid dienone is 3. The molecule has 0 aliphatic heterocycles. The van der Waals surface area contributed by atoms with Gasteiger partial charge in [-0.1, -0.05) is 29.9 Å². The van der Waals surface area contributed by atoms with Crippen LogP contribution in [0, 0.1) is 17.1 Å². The molecule has 0 atom stereocenters. The van der Waals surface area contributed by atoms with Crippen molar-refractivity contribution < 1.29 is 12.8 Å². The van der Waals surface area contributed by atoms with Crippen LogP contribution in [0.25, 0.3) is 22.5 Å². The second-order valence-corrected chi connectivity index (χ2v) is 13.1. The van der Waals surface area contributed by atoms with Crippen LogP contribution in [0.3, 0.4) is 0 Å². The Kier molecular flexibility index (Phi) is 9.47. The molecule has 0 radical (unpaired) electrons. The minimum atomic E-state index is -3.44. The lowest BCUT2D eigenvalue weighted by Gasteiger charge is -2.21. The molecule has 43 heavy (non-hydrogen) atoms. The molecule has 9 nitrogen and oxygen atoms in total. The molecule has 1 aromatic carbocycles. The van der Waals surface area contributed by atoms with Crippen molar-refractivity contribution >= 4 is 49.4 Å². The Bertz CT molecular complexity index is 1890. The van der Waals surface area contributed by atoms with Crippen LogP contribution < -0.4 is 4.90 Å². The third-order valence-corrected chi connectivity index (χ3v) is 9.00. The van der Waals surface area contributed by atoms with E-state index < -0.39 is 10.0 Å². The van der Waals surface area contributed by atoms with Gasteiger partial charge in [-0.2, -0.15) is 5.26 Å². The number of pyridine rings is 1. The Morgan fingerprint density at radius 1 is 1.14 bits per heavy atom. The van der Waals surface area contributed by atoms with Gasteiger partial charge in [-0.25, -0.2) is 27.8 Å². The summed E-state index contributed by atoms with van der Waals surface area (Å²) in [6.07, 6.45) is 7.44. The lowest BCUT2D eigenvalue weighted by Crippen LogP contribution is -2.30. The fourth-order valence-electron chi connectivity index (χ4n) is 4.44. The van der Waals surface area contributed by atoms with E-state index in [9.17, 15) is 18.1 Å². The smallest absolute Gasteiger partial charge is 0.232 e. The molecule has 12 heteroatoms. The zero-order chi connectivity index (χ0) is 31.5. The number of aromatic nitrogens is 3. The van der Waals surface area contributed by atoms with E-state index >= 15 is 0 Å². The molecule has 0 aliphatic rings. The van der Waals surface area contributed by atoms with Crippen LogP contribution in [0.5, 0.6) is 0 Å². The summed E-state index contributed by atoms with van der Waals surface area (Å²) in [4.78, 5) is 16.7. The van der Waals surface area contributed by atoms with Gasteiger partial charge in [0.05, 0.1) is 11.9 Å². The van der Waals surface area contributed by atoms with Crippen LogP contribution in [-0.4, -0.2) is 52.8 Å². The minimum Gasteiger partial charge on any atom is -0.302 e. The lowest BCUT2D eigenvalue weighted by molar-refractivity contribution is 0.558. The molecule has 224 valence electrons. The van der Waals surface area contributed by atoms with Gasteiger partial charge in [0.25, 0.3) is 0 Å². The average Bonchev–Trinajstić information content (AvgIpc) is 3.56. The van der Waals surface area contributed by atoms with Gasteiger partial charge in [0.1, 0.15) is 39.8 Å². The number of imidazole rings is 1. The molecule has 0 bridgehead atoms. The first kappa shape index (κ1) is 31.6. The van der Waals surface area contributed by atoms with Gasteiger partial charge in [0.2, 0.25) is 10.0 Å². The average molecular weight is 620 g/mol. The van der Waals surface area contributed by atoms with E-state index in [0.717, 1.165) is 44.4 Å². The fraction of sp³-hybridized carbons (Fsp3) is 0.290. The number of fused-ring (bicyclic) bond motifs is 1. The van der Waals surface area contributed by atoms with E-state index in [2.05, 4.69) is 11.1 Å². The molecule has 0 fully saturated rings. The molecule has 0 spiro atoms. The Morgan fingerprint density at radius 2 is 1.84 bits per heavy atom. The number of amidine groups is 1. The Balaban J connectivity index is 1.87. The van der Waals surface area contributed by atoms with Gasteiger partial charge in [-0.15, -0.1) is 0 Å². The third-order valence-electron chi connectivity index (χ3n) is 6.76. The molecule has 3 aromatic heterocycles. The number of nitrogens with zero attached hydrogens (tertiary/aromatic N) is 7. The summed E-state index contributed by atoms with van der Waals surface area (Å²) in [6, 6.07) is 12.1. The maximum atomic E-state index is 13.6. The van der Waals surface area contributed by atoms with Crippen LogP contribution in [0.1, 0.15) is 50.8 Å². The van der Waals surface area contributed by atoms with Gasteiger partial charge in [-0.3, -0.25) is 8.71 Å². The van der Waals surface area contributed by atoms with Crippen LogP contribution in [0.4, 0.5) is 15.3 Å². The molecule has 3 heterocycles. The molecular formula is C31H34FN7O2S2. The Labute approximate surface area is 256 Å². The number of halogens is 1. The summed E-state index contributed by atoms with van der Waals surface area (Å²) in [5, 5.41) is 10.5. The number of thiazole rings is 1. The first-order valence-electron chi connectivity index (χ1n) is 13.7. The summed E-state index contributed by atoms with van der Waals surface area (Å²) in [7, 11) is -1.97. The molecule has 0 saturated heterocycles. The van der Waals surface area contributed by atoms with Crippen LogP contribution in [0.15, 0.2) is 65.4 Å². The predicted molar refractivity (Wildman–Crippen MR) is 173 cm³/mol. The molecule has 0 amide bonds. The van der Waals surface area contributed by atoms with Crippen LogP contribution >= 0.6 is 11.3 Å². The maximum absolute atomic E-state index is 13.6. The molecule has 4 rings (SSSR count). The van der Waals surface area contributed by atoms with Crippen molar-refractivity contribution in [3.05, 3.63) is 82.4 Å². The number of sulfonamides is 1. The number of hydrogen-bond donors (Lipinski definition) is 0. The zero-order valence-electron chi connectivity index (χ0n) is 25.3. The van der Waals surface area contributed by atoms with Crippen molar-refractivity contribution in [2.45, 2.75) is 41.0 Å². The molecule has 0 aliphatic carbocycles. The summed E-state index contributed by atoms with van der Waals surface area (Å²) in [5.74, 6) is 0.816. The fourth-order valence-corrected chi connectivity index (χ4v) is 5.92. The Morgan fingerprint density at radius 3 is 2.42 bits per heavy atom. The Hall–Kier alpha value is -4.34. The number of aryl methyl sites for hydroxylation is 1. The standard InChI is InChI=1S/C31H34FN7O2S2/c1-8-26-30(38(9-2)31-36-29(27(17-33)42-31)22-10-13-25(32)14-11-22)39-19-23(12-15-28(39)35-26)24(16-20(3)4)18-34-21(5)37(6)43(7,40)41/h10-16,18-19H,8-9H2,1-7H3/b24-18+,34-21+. The van der Waals surface area contributed by atoms with E-state index in [1.54, 1.807) is 25.3 Å². The van der Waals surface area contributed by atoms with E-state index in [1.165, 1.54) is 30.5 Å². The second-order valence-electron chi connectivity index (χ2n) is 10.1. The van der Waals surface area contributed by atoms with Gasteiger partial charge in [-0.05, 0) is 70.5 Å². The maximum Gasteiger partial charge on any atom is 0.232 e. The van der Waals surface area contributed by atoms with Gasteiger partial charge < -0.3 is 4.90 Å². The van der Waals surface area contributed by atoms with E-state index in [0.29, 0.717) is 40.1 Å². The number of anilines is 2. The van der Waals surface area contributed by atoms with Crippen molar-refractivity contribution in [3.8, 4) is 17.3 Å². The monoisotopic (exact) mass is 619 g/mol. The molecule has 0 unspecified atom stereocenters. The molecule has 0 N–H and O–H groups in total. The highest BCUT2D eigenvalue weighted by Crippen LogP contribution is 2.38. The first-order valence-corrected chi connectivity index (χ1v) is 16.3. The zero-order valence-corrected chi connectivity index (χ0v) is 26.9. The van der Waals surface area contributed by atoms with Crippen molar-refractivity contribution in [1.29, 1.82) is 5.26 Å². The first-order chi connectivity index (χ1) is 20.4. The number of hydrogen-bond acceptors (Lipinski definition) is 8.